The number of nitrogens with one attached hydrogen (secondary N) is 1. The highest BCUT2D eigenvalue weighted by Gasteiger charge is 2.30. The predicted molar refractivity (Wildman–Crippen MR) is 84.1 cm³/mol. The van der Waals surface area contributed by atoms with Crippen LogP contribution < -0.4 is 20.7 Å². The number of ether oxygens (including phenoxy) is 1. The molecule has 124 valence electrons. The van der Waals surface area contributed by atoms with E-state index in [0.717, 1.165) is 11.4 Å². The predicted octanol–water partition coefficient (Wildman–Crippen LogP) is -0.0712. The van der Waals surface area contributed by atoms with Crippen molar-refractivity contribution in [1.29, 1.82) is 0 Å². The van der Waals surface area contributed by atoms with Crippen molar-refractivity contribution in [3.05, 3.63) is 24.3 Å². The fourth-order valence-electron chi connectivity index (χ4n) is 2.27. The number of carbonyl (C=O) groups excluding carboxylic acids is 3. The first-order valence-electron chi connectivity index (χ1n) is 7.35. The van der Waals surface area contributed by atoms with E-state index in [1.807, 2.05) is 6.92 Å². The first-order valence-corrected chi connectivity index (χ1v) is 7.35. The van der Waals surface area contributed by atoms with Gasteiger partial charge in [-0.25, -0.2) is 4.79 Å². The first kappa shape index (κ1) is 16.6. The molecule has 2 rings (SSSR count). The van der Waals surface area contributed by atoms with Crippen LogP contribution in [0.5, 0.6) is 5.75 Å². The quantitative estimate of drug-likeness (QED) is 0.733. The van der Waals surface area contributed by atoms with Crippen molar-refractivity contribution in [3.63, 3.8) is 0 Å². The highest BCUT2D eigenvalue weighted by molar-refractivity contribution is 5.96. The molecule has 0 atom stereocenters. The summed E-state index contributed by atoms with van der Waals surface area (Å²) in [6, 6.07) is 6.96. The molecule has 3 N–H and O–H groups in total. The van der Waals surface area contributed by atoms with E-state index in [1.54, 1.807) is 29.2 Å². The van der Waals surface area contributed by atoms with Crippen molar-refractivity contribution in [2.24, 2.45) is 5.73 Å². The van der Waals surface area contributed by atoms with Gasteiger partial charge in [-0.2, -0.15) is 0 Å². The fraction of sp³-hybridized carbons (Fsp3) is 0.400. The number of amides is 4. The second kappa shape index (κ2) is 7.48. The van der Waals surface area contributed by atoms with E-state index in [-0.39, 0.29) is 19.1 Å². The van der Waals surface area contributed by atoms with Gasteiger partial charge >= 0.3 is 6.03 Å². The number of carbonyl (C=O) groups is 3. The molecular weight excluding hydrogens is 300 g/mol. The molecule has 1 fully saturated rings. The molecule has 8 nitrogen and oxygen atoms in total. The van der Waals surface area contributed by atoms with Gasteiger partial charge in [0.2, 0.25) is 11.8 Å². The lowest BCUT2D eigenvalue weighted by molar-refractivity contribution is -0.125. The van der Waals surface area contributed by atoms with Crippen LogP contribution >= 0.6 is 0 Å². The largest absolute Gasteiger partial charge is 0.494 e. The smallest absolute Gasteiger partial charge is 0.325 e. The zero-order chi connectivity index (χ0) is 16.8. The van der Waals surface area contributed by atoms with Crippen LogP contribution in [-0.4, -0.2) is 55.5 Å². The summed E-state index contributed by atoms with van der Waals surface area (Å²) in [5, 5.41) is 2.36. The molecule has 1 aromatic rings. The van der Waals surface area contributed by atoms with E-state index >= 15 is 0 Å². The maximum Gasteiger partial charge on any atom is 0.325 e. The van der Waals surface area contributed by atoms with Crippen molar-refractivity contribution >= 4 is 23.5 Å². The molecule has 0 aliphatic carbocycles. The van der Waals surface area contributed by atoms with Gasteiger partial charge < -0.3 is 20.7 Å². The van der Waals surface area contributed by atoms with Crippen LogP contribution in [0.3, 0.4) is 0 Å². The number of urea groups is 1. The maximum atomic E-state index is 12.3. The van der Waals surface area contributed by atoms with Crippen molar-refractivity contribution < 1.29 is 19.1 Å². The van der Waals surface area contributed by atoms with Crippen LogP contribution in [0, 0.1) is 0 Å². The van der Waals surface area contributed by atoms with E-state index in [4.69, 9.17) is 10.5 Å². The van der Waals surface area contributed by atoms with Gasteiger partial charge in [0, 0.05) is 18.8 Å². The molecular formula is C15H20N4O4. The molecule has 1 aliphatic heterocycles. The summed E-state index contributed by atoms with van der Waals surface area (Å²) in [6.07, 6.45) is 0. The Bertz CT molecular complexity index is 588. The topological polar surface area (TPSA) is 105 Å². The lowest BCUT2D eigenvalue weighted by Crippen LogP contribution is -2.42. The minimum absolute atomic E-state index is 0.0976. The Morgan fingerprint density at radius 1 is 1.26 bits per heavy atom. The molecule has 1 saturated heterocycles. The average Bonchev–Trinajstić information content (AvgIpc) is 2.87. The second-order valence-corrected chi connectivity index (χ2v) is 5.03. The van der Waals surface area contributed by atoms with Gasteiger partial charge in [-0.1, -0.05) is 0 Å². The van der Waals surface area contributed by atoms with Gasteiger partial charge in [0.15, 0.2) is 0 Å². The lowest BCUT2D eigenvalue weighted by atomic mass is 10.3. The number of anilines is 1. The summed E-state index contributed by atoms with van der Waals surface area (Å²) in [6.45, 7) is 3.09. The summed E-state index contributed by atoms with van der Waals surface area (Å²) in [7, 11) is 0. The van der Waals surface area contributed by atoms with Crippen LogP contribution in [0.1, 0.15) is 6.92 Å². The lowest BCUT2D eigenvalue weighted by Gasteiger charge is -2.18. The highest BCUT2D eigenvalue weighted by atomic mass is 16.5. The number of nitrogens with two attached hydrogens (primary N) is 1. The van der Waals surface area contributed by atoms with Crippen LogP contribution in [0.2, 0.25) is 0 Å². The van der Waals surface area contributed by atoms with Crippen LogP contribution in [0.4, 0.5) is 10.5 Å². The van der Waals surface area contributed by atoms with Gasteiger partial charge in [0.25, 0.3) is 0 Å². The number of nitrogens with zero attached hydrogens (tertiary/aromatic N) is 2. The molecule has 0 radical (unpaired) electrons. The van der Waals surface area contributed by atoms with Crippen molar-refractivity contribution in [1.82, 2.24) is 10.2 Å². The Kier molecular flexibility index (Phi) is 5.40. The molecule has 0 unspecified atom stereocenters. The minimum atomic E-state index is -0.623. The Balaban J connectivity index is 1.93. The molecule has 0 bridgehead atoms. The van der Waals surface area contributed by atoms with Crippen LogP contribution in [-0.2, 0) is 9.59 Å². The van der Waals surface area contributed by atoms with Crippen molar-refractivity contribution in [2.75, 3.05) is 37.7 Å². The van der Waals surface area contributed by atoms with Gasteiger partial charge in [0.1, 0.15) is 12.3 Å². The third-order valence-electron chi connectivity index (χ3n) is 3.35. The van der Waals surface area contributed by atoms with Crippen molar-refractivity contribution in [3.8, 4) is 5.75 Å². The van der Waals surface area contributed by atoms with Gasteiger partial charge in [-0.3, -0.25) is 14.5 Å². The zero-order valence-corrected chi connectivity index (χ0v) is 12.9. The van der Waals surface area contributed by atoms with E-state index in [2.05, 4.69) is 5.32 Å². The second-order valence-electron chi connectivity index (χ2n) is 5.03. The van der Waals surface area contributed by atoms with Gasteiger partial charge in [-0.15, -0.1) is 0 Å². The fourth-order valence-corrected chi connectivity index (χ4v) is 2.27. The first-order chi connectivity index (χ1) is 11.0. The van der Waals surface area contributed by atoms with Crippen molar-refractivity contribution in [2.45, 2.75) is 6.92 Å². The number of primary amides is 1. The Labute approximate surface area is 134 Å². The third-order valence-corrected chi connectivity index (χ3v) is 3.35. The van der Waals surface area contributed by atoms with E-state index in [9.17, 15) is 14.4 Å². The standard InChI is InChI=1S/C15H20N4O4/c1-2-23-12-5-3-11(4-6-12)19-8-7-18(15(19)22)10-14(21)17-9-13(16)20/h3-6H,2,7-10H2,1H3,(H2,16,20)(H,17,21). The van der Waals surface area contributed by atoms with Crippen LogP contribution in [0.25, 0.3) is 0 Å². The Hall–Kier alpha value is -2.77. The molecule has 1 heterocycles. The van der Waals surface area contributed by atoms with E-state index in [0.29, 0.717) is 19.7 Å². The highest BCUT2D eigenvalue weighted by Crippen LogP contribution is 2.23. The summed E-state index contributed by atoms with van der Waals surface area (Å²) in [5.41, 5.74) is 5.70. The number of benzene rings is 1. The van der Waals surface area contributed by atoms with Gasteiger partial charge in [-0.05, 0) is 31.2 Å². The summed E-state index contributed by atoms with van der Waals surface area (Å²) >= 11 is 0. The summed E-state index contributed by atoms with van der Waals surface area (Å²) < 4.78 is 5.37. The maximum absolute atomic E-state index is 12.3. The molecule has 1 aliphatic rings. The SMILES string of the molecule is CCOc1ccc(N2CCN(CC(=O)NCC(N)=O)C2=O)cc1. The minimum Gasteiger partial charge on any atom is -0.494 e. The van der Waals surface area contributed by atoms with E-state index < -0.39 is 11.8 Å². The Morgan fingerprint density at radius 2 is 1.96 bits per heavy atom. The number of hydrogen-bond donors (Lipinski definition) is 2. The molecule has 8 heteroatoms. The molecule has 23 heavy (non-hydrogen) atoms. The molecule has 0 spiro atoms. The van der Waals surface area contributed by atoms with Crippen LogP contribution in [0.15, 0.2) is 24.3 Å². The number of rotatable bonds is 7. The summed E-state index contributed by atoms with van der Waals surface area (Å²) in [5.74, 6) is -0.293. The Morgan fingerprint density at radius 3 is 2.57 bits per heavy atom. The molecule has 0 saturated carbocycles. The third kappa shape index (κ3) is 4.35. The average molecular weight is 320 g/mol. The molecule has 1 aromatic carbocycles. The number of hydrogen-bond acceptors (Lipinski definition) is 4. The zero-order valence-electron chi connectivity index (χ0n) is 12.9. The van der Waals surface area contributed by atoms with E-state index in [1.165, 1.54) is 4.90 Å². The normalized spacial score (nSPS) is 14.0. The molecule has 4 amide bonds. The van der Waals surface area contributed by atoms with Gasteiger partial charge in [0.05, 0.1) is 13.2 Å². The molecule has 0 aromatic heterocycles. The monoisotopic (exact) mass is 320 g/mol. The summed E-state index contributed by atoms with van der Waals surface area (Å²) in [4.78, 5) is 37.6.